The summed E-state index contributed by atoms with van der Waals surface area (Å²) < 4.78 is 0. The third-order valence-corrected chi connectivity index (χ3v) is 4.97. The van der Waals surface area contributed by atoms with Crippen LogP contribution in [0.3, 0.4) is 0 Å². The van der Waals surface area contributed by atoms with Crippen LogP contribution >= 0.6 is 0 Å². The summed E-state index contributed by atoms with van der Waals surface area (Å²) in [5.41, 5.74) is 5.88. The van der Waals surface area contributed by atoms with Gasteiger partial charge in [-0.1, -0.05) is 13.3 Å². The fraction of sp³-hybridized carbons (Fsp3) is 1.00. The Hall–Kier alpha value is -0.120. The molecular weight excluding hydrogens is 234 g/mol. The van der Waals surface area contributed by atoms with Gasteiger partial charge < -0.3 is 15.5 Å². The summed E-state index contributed by atoms with van der Waals surface area (Å²) >= 11 is 0. The maximum absolute atomic E-state index is 5.88. The molecule has 2 fully saturated rings. The normalized spacial score (nSPS) is 24.9. The highest BCUT2D eigenvalue weighted by Gasteiger charge is 2.23. The van der Waals surface area contributed by atoms with E-state index >= 15 is 0 Å². The molecule has 3 nitrogen and oxygen atoms in total. The van der Waals surface area contributed by atoms with E-state index in [2.05, 4.69) is 16.7 Å². The molecule has 0 amide bonds. The molecule has 0 aromatic heterocycles. The van der Waals surface area contributed by atoms with Crippen LogP contribution in [0.2, 0.25) is 0 Å². The first-order chi connectivity index (χ1) is 9.31. The molecule has 3 heteroatoms. The monoisotopic (exact) mass is 267 g/mol. The second kappa shape index (κ2) is 8.23. The standard InChI is InChI=1S/C16H33N3/c1-2-5-16(12-17)14-19-10-6-15(7-11-19)13-18-8-3-4-9-18/h15-16H,2-14,17H2,1H3. The van der Waals surface area contributed by atoms with Crippen molar-refractivity contribution in [2.45, 2.75) is 45.4 Å². The van der Waals surface area contributed by atoms with Gasteiger partial charge in [-0.2, -0.15) is 0 Å². The van der Waals surface area contributed by atoms with Crippen LogP contribution in [-0.2, 0) is 0 Å². The zero-order valence-corrected chi connectivity index (χ0v) is 12.8. The van der Waals surface area contributed by atoms with Gasteiger partial charge in [0.05, 0.1) is 0 Å². The number of piperidine rings is 1. The van der Waals surface area contributed by atoms with Crippen LogP contribution in [-0.4, -0.2) is 55.6 Å². The molecule has 2 N–H and O–H groups in total. The van der Waals surface area contributed by atoms with E-state index in [9.17, 15) is 0 Å². The van der Waals surface area contributed by atoms with E-state index < -0.39 is 0 Å². The Morgan fingerprint density at radius 1 is 1.05 bits per heavy atom. The molecule has 19 heavy (non-hydrogen) atoms. The van der Waals surface area contributed by atoms with Gasteiger partial charge in [0.2, 0.25) is 0 Å². The van der Waals surface area contributed by atoms with Gasteiger partial charge in [-0.15, -0.1) is 0 Å². The molecule has 0 bridgehead atoms. The predicted molar refractivity (Wildman–Crippen MR) is 82.3 cm³/mol. The summed E-state index contributed by atoms with van der Waals surface area (Å²) in [6, 6.07) is 0. The minimum absolute atomic E-state index is 0.722. The van der Waals surface area contributed by atoms with Crippen LogP contribution in [0.4, 0.5) is 0 Å². The van der Waals surface area contributed by atoms with E-state index in [0.29, 0.717) is 0 Å². The van der Waals surface area contributed by atoms with Crippen LogP contribution in [0.25, 0.3) is 0 Å². The zero-order chi connectivity index (χ0) is 13.5. The van der Waals surface area contributed by atoms with Crippen molar-refractivity contribution < 1.29 is 0 Å². The van der Waals surface area contributed by atoms with Gasteiger partial charge in [-0.05, 0) is 76.7 Å². The van der Waals surface area contributed by atoms with Gasteiger partial charge in [0.1, 0.15) is 0 Å². The molecule has 2 rings (SSSR count). The van der Waals surface area contributed by atoms with Gasteiger partial charge >= 0.3 is 0 Å². The molecule has 1 unspecified atom stereocenters. The first-order valence-electron chi connectivity index (χ1n) is 8.46. The smallest absolute Gasteiger partial charge is 0.00217 e. The maximum atomic E-state index is 5.88. The quantitative estimate of drug-likeness (QED) is 0.767. The van der Waals surface area contributed by atoms with Gasteiger partial charge in [0.15, 0.2) is 0 Å². The lowest BCUT2D eigenvalue weighted by atomic mass is 9.94. The molecule has 1 atom stereocenters. The minimum Gasteiger partial charge on any atom is -0.330 e. The van der Waals surface area contributed by atoms with E-state index in [0.717, 1.165) is 18.4 Å². The van der Waals surface area contributed by atoms with Gasteiger partial charge in [0, 0.05) is 13.1 Å². The molecular formula is C16H33N3. The van der Waals surface area contributed by atoms with Crippen molar-refractivity contribution in [2.24, 2.45) is 17.6 Å². The Labute approximate surface area is 119 Å². The Bertz CT molecular complexity index is 230. The lowest BCUT2D eigenvalue weighted by Crippen LogP contribution is -2.41. The average molecular weight is 267 g/mol. The first kappa shape index (κ1) is 15.3. The second-order valence-electron chi connectivity index (χ2n) is 6.64. The molecule has 0 spiro atoms. The largest absolute Gasteiger partial charge is 0.330 e. The second-order valence-corrected chi connectivity index (χ2v) is 6.64. The summed E-state index contributed by atoms with van der Waals surface area (Å²) in [5, 5.41) is 0. The van der Waals surface area contributed by atoms with E-state index in [4.69, 9.17) is 5.73 Å². The fourth-order valence-electron chi connectivity index (χ4n) is 3.74. The van der Waals surface area contributed by atoms with Gasteiger partial charge in [-0.25, -0.2) is 0 Å². The van der Waals surface area contributed by atoms with E-state index in [-0.39, 0.29) is 0 Å². The number of nitrogens with zero attached hydrogens (tertiary/aromatic N) is 2. The van der Waals surface area contributed by atoms with Crippen molar-refractivity contribution in [3.63, 3.8) is 0 Å². The number of likely N-dealkylation sites (tertiary alicyclic amines) is 2. The zero-order valence-electron chi connectivity index (χ0n) is 12.8. The Kier molecular flexibility index (Phi) is 6.62. The Morgan fingerprint density at radius 2 is 1.74 bits per heavy atom. The molecule has 2 aliphatic heterocycles. The van der Waals surface area contributed by atoms with Crippen molar-refractivity contribution in [2.75, 3.05) is 45.8 Å². The van der Waals surface area contributed by atoms with Crippen molar-refractivity contribution in [1.29, 1.82) is 0 Å². The first-order valence-corrected chi connectivity index (χ1v) is 8.46. The van der Waals surface area contributed by atoms with Crippen molar-refractivity contribution in [1.82, 2.24) is 9.80 Å². The molecule has 112 valence electrons. The lowest BCUT2D eigenvalue weighted by molar-refractivity contribution is 0.137. The van der Waals surface area contributed by atoms with Crippen molar-refractivity contribution in [3.8, 4) is 0 Å². The van der Waals surface area contributed by atoms with Crippen molar-refractivity contribution >= 4 is 0 Å². The summed E-state index contributed by atoms with van der Waals surface area (Å²) in [6.07, 6.45) is 8.22. The van der Waals surface area contributed by atoms with Crippen LogP contribution in [0, 0.1) is 11.8 Å². The number of rotatable bonds is 7. The predicted octanol–water partition coefficient (Wildman–Crippen LogP) is 2.17. The highest BCUT2D eigenvalue weighted by atomic mass is 15.2. The fourth-order valence-corrected chi connectivity index (χ4v) is 3.74. The Balaban J connectivity index is 1.63. The van der Waals surface area contributed by atoms with Crippen LogP contribution in [0.1, 0.15) is 45.4 Å². The maximum Gasteiger partial charge on any atom is 0.00217 e. The number of hydrogen-bond acceptors (Lipinski definition) is 3. The van der Waals surface area contributed by atoms with Crippen LogP contribution in [0.5, 0.6) is 0 Å². The van der Waals surface area contributed by atoms with E-state index in [1.54, 1.807) is 0 Å². The van der Waals surface area contributed by atoms with Crippen molar-refractivity contribution in [3.05, 3.63) is 0 Å². The molecule has 2 heterocycles. The van der Waals surface area contributed by atoms with Crippen LogP contribution in [0.15, 0.2) is 0 Å². The summed E-state index contributed by atoms with van der Waals surface area (Å²) in [7, 11) is 0. The molecule has 0 radical (unpaired) electrons. The van der Waals surface area contributed by atoms with E-state index in [1.807, 2.05) is 0 Å². The highest BCUT2D eigenvalue weighted by molar-refractivity contribution is 4.78. The molecule has 0 aliphatic carbocycles. The summed E-state index contributed by atoms with van der Waals surface area (Å²) in [5.74, 6) is 1.68. The molecule has 0 aromatic rings. The molecule has 2 saturated heterocycles. The van der Waals surface area contributed by atoms with Gasteiger partial charge in [0.25, 0.3) is 0 Å². The molecule has 0 aromatic carbocycles. The summed E-state index contributed by atoms with van der Waals surface area (Å²) in [4.78, 5) is 5.34. The number of nitrogens with two attached hydrogens (primary N) is 1. The SMILES string of the molecule is CCCC(CN)CN1CCC(CN2CCCC2)CC1. The topological polar surface area (TPSA) is 32.5 Å². The van der Waals surface area contributed by atoms with Gasteiger partial charge in [-0.3, -0.25) is 0 Å². The third-order valence-electron chi connectivity index (χ3n) is 4.97. The molecule has 2 aliphatic rings. The Morgan fingerprint density at radius 3 is 2.32 bits per heavy atom. The van der Waals surface area contributed by atoms with Crippen LogP contribution < -0.4 is 5.73 Å². The van der Waals surface area contributed by atoms with E-state index in [1.165, 1.54) is 77.8 Å². The minimum atomic E-state index is 0.722. The summed E-state index contributed by atoms with van der Waals surface area (Å²) in [6.45, 7) is 11.0. The third kappa shape index (κ3) is 5.05. The average Bonchev–Trinajstić information content (AvgIpc) is 2.93. The lowest BCUT2D eigenvalue weighted by Gasteiger charge is -2.35. The highest BCUT2D eigenvalue weighted by Crippen LogP contribution is 2.21. The molecule has 0 saturated carbocycles. The number of hydrogen-bond donors (Lipinski definition) is 1.